The summed E-state index contributed by atoms with van der Waals surface area (Å²) in [5.74, 6) is -5.83. The first-order valence-electron chi connectivity index (χ1n) is 10.7. The highest BCUT2D eigenvalue weighted by molar-refractivity contribution is 7.91. The van der Waals surface area contributed by atoms with Crippen LogP contribution in [0.15, 0.2) is 46.3 Å². The van der Waals surface area contributed by atoms with Crippen LogP contribution >= 0.6 is 0 Å². The van der Waals surface area contributed by atoms with Gasteiger partial charge in [0.25, 0.3) is 0 Å². The molecule has 1 heterocycles. The molecule has 38 heavy (non-hydrogen) atoms. The van der Waals surface area contributed by atoms with Crippen molar-refractivity contribution >= 4 is 33.5 Å². The fourth-order valence-corrected chi connectivity index (χ4v) is 4.26. The molecule has 208 valence electrons. The Kier molecular flexibility index (Phi) is 9.70. The van der Waals surface area contributed by atoms with Crippen molar-refractivity contribution < 1.29 is 40.9 Å². The van der Waals surface area contributed by atoms with E-state index in [1.165, 1.54) is 6.92 Å². The average molecular weight is 563 g/mol. The average Bonchev–Trinajstić information content (AvgIpc) is 2.81. The molecule has 0 fully saturated rings. The zero-order valence-corrected chi connectivity index (χ0v) is 20.9. The van der Waals surface area contributed by atoms with Gasteiger partial charge in [0.1, 0.15) is 12.3 Å². The molecule has 1 unspecified atom stereocenters. The molecule has 0 aliphatic heterocycles. The maximum absolute atomic E-state index is 12.9. The van der Waals surface area contributed by atoms with Crippen LogP contribution in [0.3, 0.4) is 0 Å². The van der Waals surface area contributed by atoms with Crippen molar-refractivity contribution in [1.29, 1.82) is 0 Å². The van der Waals surface area contributed by atoms with Gasteiger partial charge in [-0.15, -0.1) is 4.73 Å². The van der Waals surface area contributed by atoms with Crippen molar-refractivity contribution in [2.75, 3.05) is 17.9 Å². The van der Waals surface area contributed by atoms with Crippen molar-refractivity contribution in [3.05, 3.63) is 63.6 Å². The Labute approximate surface area is 214 Å². The number of sulfonamides is 1. The molecule has 0 aliphatic rings. The second-order valence-corrected chi connectivity index (χ2v) is 9.52. The molecule has 2 rings (SSSR count). The first kappa shape index (κ1) is 29.9. The van der Waals surface area contributed by atoms with E-state index in [4.69, 9.17) is 11.5 Å². The van der Waals surface area contributed by atoms with Gasteiger partial charge in [-0.1, -0.05) is 24.3 Å². The number of carbonyl (C=O) groups is 2. The van der Waals surface area contributed by atoms with Crippen LogP contribution in [0.5, 0.6) is 0 Å². The molecule has 13 nitrogen and oxygen atoms in total. The van der Waals surface area contributed by atoms with Crippen LogP contribution in [0, 0.1) is 6.92 Å². The van der Waals surface area contributed by atoms with Crippen LogP contribution in [0.2, 0.25) is 0 Å². The Morgan fingerprint density at radius 3 is 2.42 bits per heavy atom. The van der Waals surface area contributed by atoms with Crippen LogP contribution in [-0.4, -0.2) is 50.3 Å². The van der Waals surface area contributed by atoms with E-state index < -0.39 is 56.7 Å². The van der Waals surface area contributed by atoms with Gasteiger partial charge in [0, 0.05) is 0 Å². The molecule has 1 amide bonds. The highest BCUT2D eigenvalue weighted by atomic mass is 32.2. The van der Waals surface area contributed by atoms with Crippen LogP contribution in [0.1, 0.15) is 29.7 Å². The highest BCUT2D eigenvalue weighted by Gasteiger charge is 2.43. The van der Waals surface area contributed by atoms with E-state index in [9.17, 15) is 36.0 Å². The third-order valence-electron chi connectivity index (χ3n) is 4.85. The number of aryl methyl sites for hydroxylation is 1. The van der Waals surface area contributed by atoms with Crippen LogP contribution < -0.4 is 31.9 Å². The lowest BCUT2D eigenvalue weighted by Gasteiger charge is -2.19. The number of amides is 1. The summed E-state index contributed by atoms with van der Waals surface area (Å²) in [6.45, 7) is 2.57. The van der Waals surface area contributed by atoms with Gasteiger partial charge in [0.15, 0.2) is 0 Å². The normalized spacial score (nSPS) is 12.2. The third kappa shape index (κ3) is 8.39. The summed E-state index contributed by atoms with van der Waals surface area (Å²) in [6.07, 6.45) is -5.49. The van der Waals surface area contributed by atoms with E-state index in [1.807, 2.05) is 4.72 Å². The molecule has 2 aromatic rings. The van der Waals surface area contributed by atoms with E-state index in [1.54, 1.807) is 31.2 Å². The lowest BCUT2D eigenvalue weighted by atomic mass is 10.1. The van der Waals surface area contributed by atoms with Crippen molar-refractivity contribution in [3.63, 3.8) is 0 Å². The summed E-state index contributed by atoms with van der Waals surface area (Å²) in [5.41, 5.74) is 8.56. The summed E-state index contributed by atoms with van der Waals surface area (Å²) in [7, 11) is -4.23. The predicted molar refractivity (Wildman–Crippen MR) is 129 cm³/mol. The SMILES string of the molecule is Cc1ccccc1CS(=O)(=O)Nc1ccc(C(C)C(=O)NCCON=C(N)N)n(OC(=O)C(F)(F)F)c1=O. The molecular formula is C21H25F3N6O7S. The van der Waals surface area contributed by atoms with Gasteiger partial charge in [-0.3, -0.25) is 14.3 Å². The molecule has 1 aromatic carbocycles. The largest absolute Gasteiger partial charge is 0.493 e. The first-order valence-corrected chi connectivity index (χ1v) is 12.4. The van der Waals surface area contributed by atoms with Crippen molar-refractivity contribution in [3.8, 4) is 0 Å². The number of nitrogens with zero attached hydrogens (tertiary/aromatic N) is 2. The number of halogens is 3. The molecule has 0 aliphatic carbocycles. The number of hydrogen-bond donors (Lipinski definition) is 4. The van der Waals surface area contributed by atoms with Gasteiger partial charge in [0.05, 0.1) is 23.9 Å². The van der Waals surface area contributed by atoms with Crippen molar-refractivity contribution in [2.24, 2.45) is 16.6 Å². The Hall–Kier alpha value is -4.28. The van der Waals surface area contributed by atoms with E-state index in [2.05, 4.69) is 20.1 Å². The van der Waals surface area contributed by atoms with Crippen LogP contribution in [-0.2, 0) is 30.2 Å². The van der Waals surface area contributed by atoms with Crippen LogP contribution in [0.4, 0.5) is 18.9 Å². The lowest BCUT2D eigenvalue weighted by Crippen LogP contribution is -2.42. The molecule has 0 saturated heterocycles. The quantitative estimate of drug-likeness (QED) is 0.126. The van der Waals surface area contributed by atoms with E-state index in [0.717, 1.165) is 12.1 Å². The number of alkyl halides is 3. The third-order valence-corrected chi connectivity index (χ3v) is 6.07. The molecule has 0 radical (unpaired) electrons. The molecule has 0 spiro atoms. The Bertz CT molecular complexity index is 1370. The van der Waals surface area contributed by atoms with Crippen LogP contribution in [0.25, 0.3) is 0 Å². The fraction of sp³-hybridized carbons (Fsp3) is 0.333. The lowest BCUT2D eigenvalue weighted by molar-refractivity contribution is -0.200. The summed E-state index contributed by atoms with van der Waals surface area (Å²) >= 11 is 0. The minimum absolute atomic E-state index is 0.0817. The van der Waals surface area contributed by atoms with Crippen molar-refractivity contribution in [2.45, 2.75) is 31.7 Å². The maximum Gasteiger partial charge on any atom is 0.493 e. The Morgan fingerprint density at radius 2 is 1.82 bits per heavy atom. The number of nitrogens with two attached hydrogens (primary N) is 2. The monoisotopic (exact) mass is 562 g/mol. The topological polar surface area (TPSA) is 197 Å². The molecule has 0 saturated carbocycles. The number of oxime groups is 1. The zero-order chi connectivity index (χ0) is 28.7. The number of nitrogens with one attached hydrogen (secondary N) is 2. The number of hydrogen-bond acceptors (Lipinski definition) is 8. The number of guanidine groups is 1. The van der Waals surface area contributed by atoms with Gasteiger partial charge in [-0.2, -0.15) is 13.2 Å². The summed E-state index contributed by atoms with van der Waals surface area (Å²) in [4.78, 5) is 45.9. The van der Waals surface area contributed by atoms with Crippen molar-refractivity contribution in [1.82, 2.24) is 10.0 Å². The molecule has 0 bridgehead atoms. The van der Waals surface area contributed by atoms with Gasteiger partial charge in [0.2, 0.25) is 21.9 Å². The van der Waals surface area contributed by atoms with Gasteiger partial charge < -0.3 is 26.5 Å². The Morgan fingerprint density at radius 1 is 1.16 bits per heavy atom. The molecule has 6 N–H and O–H groups in total. The fourth-order valence-electron chi connectivity index (χ4n) is 2.97. The number of carbonyl (C=O) groups excluding carboxylic acids is 2. The molecule has 1 atom stereocenters. The Balaban J connectivity index is 2.36. The van der Waals surface area contributed by atoms with Gasteiger partial charge >= 0.3 is 17.7 Å². The number of rotatable bonds is 11. The maximum atomic E-state index is 12.9. The summed E-state index contributed by atoms with van der Waals surface area (Å²) in [5, 5.41) is 5.60. The molecule has 1 aromatic heterocycles. The summed E-state index contributed by atoms with van der Waals surface area (Å²) < 4.78 is 65.9. The number of benzene rings is 1. The highest BCUT2D eigenvalue weighted by Crippen LogP contribution is 2.20. The molecule has 17 heteroatoms. The van der Waals surface area contributed by atoms with E-state index >= 15 is 0 Å². The predicted octanol–water partition coefficient (Wildman–Crippen LogP) is 0.0408. The summed E-state index contributed by atoms with van der Waals surface area (Å²) in [6, 6.07) is 8.43. The number of anilines is 1. The smallest absolute Gasteiger partial charge is 0.391 e. The minimum atomic E-state index is -5.49. The second kappa shape index (κ2) is 12.3. The van der Waals surface area contributed by atoms with Gasteiger partial charge in [-0.25, -0.2) is 13.2 Å². The number of aromatic nitrogens is 1. The first-order chi connectivity index (χ1) is 17.6. The van der Waals surface area contributed by atoms with Gasteiger partial charge in [-0.05, 0) is 42.3 Å². The minimum Gasteiger partial charge on any atom is -0.391 e. The molecular weight excluding hydrogens is 537 g/mol. The zero-order valence-electron chi connectivity index (χ0n) is 20.1. The second-order valence-electron chi connectivity index (χ2n) is 7.80. The standard InChI is InChI=1S/C21H25F3N6O7S/c1-12-5-3-4-6-14(12)11-38(34,35)29-15-7-8-16(30(18(15)32)37-19(33)21(22,23)24)13(2)17(31)27-9-10-36-28-20(25)26/h3-8,13,29H,9-11H2,1-2H3,(H,27,31)(H4,25,26,28). The van der Waals surface area contributed by atoms with E-state index in [-0.39, 0.29) is 23.8 Å². The van der Waals surface area contributed by atoms with E-state index in [0.29, 0.717) is 11.1 Å². The number of pyridine rings is 1.